The molecule has 0 saturated heterocycles. The zero-order valence-corrected chi connectivity index (χ0v) is 17.4. The molecule has 0 heterocycles. The molecule has 0 amide bonds. The van der Waals surface area contributed by atoms with E-state index >= 15 is 0 Å². The standard InChI is InChI=1S/C20H30N2O2S2/c1-3-24-19(23)17-11-7-12-18(15(17)2)22-20(25)21-13-8-14-26-16-9-5-4-6-10-16/h7,11-12,16H,3-6,8-10,13-14H2,1-2H3,(H2,21,22,25). The van der Waals surface area contributed by atoms with Crippen molar-refractivity contribution < 1.29 is 9.53 Å². The molecule has 1 saturated carbocycles. The molecule has 1 aromatic rings. The smallest absolute Gasteiger partial charge is 0.338 e. The van der Waals surface area contributed by atoms with Gasteiger partial charge in [-0.1, -0.05) is 25.3 Å². The molecule has 1 aliphatic carbocycles. The van der Waals surface area contributed by atoms with Crippen LogP contribution in [0.5, 0.6) is 0 Å². The lowest BCUT2D eigenvalue weighted by atomic mass is 10.0. The van der Waals surface area contributed by atoms with Crippen LogP contribution in [-0.4, -0.2) is 35.2 Å². The molecule has 0 atom stereocenters. The zero-order chi connectivity index (χ0) is 18.8. The van der Waals surface area contributed by atoms with Gasteiger partial charge in [0.15, 0.2) is 5.11 Å². The fraction of sp³-hybridized carbons (Fsp3) is 0.600. The van der Waals surface area contributed by atoms with Gasteiger partial charge in [0.1, 0.15) is 0 Å². The quantitative estimate of drug-likeness (QED) is 0.371. The molecule has 0 aliphatic heterocycles. The highest BCUT2D eigenvalue weighted by molar-refractivity contribution is 7.99. The first-order valence-corrected chi connectivity index (χ1v) is 11.0. The Balaban J connectivity index is 1.72. The number of hydrogen-bond acceptors (Lipinski definition) is 4. The molecular weight excluding hydrogens is 364 g/mol. The first-order valence-electron chi connectivity index (χ1n) is 9.55. The van der Waals surface area contributed by atoms with Crippen LogP contribution in [0.2, 0.25) is 0 Å². The van der Waals surface area contributed by atoms with E-state index in [0.717, 1.165) is 29.5 Å². The highest BCUT2D eigenvalue weighted by Gasteiger charge is 2.14. The number of hydrogen-bond donors (Lipinski definition) is 2. The van der Waals surface area contributed by atoms with Gasteiger partial charge in [-0.05, 0) is 68.8 Å². The normalized spacial score (nSPS) is 14.7. The Hall–Kier alpha value is -1.27. The Morgan fingerprint density at radius 3 is 2.81 bits per heavy atom. The summed E-state index contributed by atoms with van der Waals surface area (Å²) in [6.07, 6.45) is 8.07. The second kappa shape index (κ2) is 11.4. The van der Waals surface area contributed by atoms with Gasteiger partial charge in [0, 0.05) is 17.5 Å². The average molecular weight is 395 g/mol. The number of rotatable bonds is 8. The van der Waals surface area contributed by atoms with Crippen LogP contribution in [-0.2, 0) is 4.74 Å². The summed E-state index contributed by atoms with van der Waals surface area (Å²) >= 11 is 7.50. The summed E-state index contributed by atoms with van der Waals surface area (Å²) in [7, 11) is 0. The molecule has 0 spiro atoms. The van der Waals surface area contributed by atoms with Crippen LogP contribution in [0.3, 0.4) is 0 Å². The first kappa shape index (κ1) is 21.0. The van der Waals surface area contributed by atoms with Crippen LogP contribution in [0.4, 0.5) is 5.69 Å². The van der Waals surface area contributed by atoms with Gasteiger partial charge in [-0.2, -0.15) is 11.8 Å². The van der Waals surface area contributed by atoms with Crippen molar-refractivity contribution in [2.45, 2.75) is 57.6 Å². The summed E-state index contributed by atoms with van der Waals surface area (Å²) in [4.78, 5) is 12.0. The number of carbonyl (C=O) groups excluding carboxylic acids is 1. The Morgan fingerprint density at radius 2 is 2.08 bits per heavy atom. The third-order valence-corrected chi connectivity index (χ3v) is 6.30. The minimum absolute atomic E-state index is 0.299. The predicted octanol–water partition coefficient (Wildman–Crippen LogP) is 4.91. The largest absolute Gasteiger partial charge is 0.462 e. The Labute approximate surface area is 166 Å². The van der Waals surface area contributed by atoms with Crippen molar-refractivity contribution >= 4 is 40.7 Å². The predicted molar refractivity (Wildman–Crippen MR) is 115 cm³/mol. The fourth-order valence-corrected chi connectivity index (χ4v) is 4.65. The highest BCUT2D eigenvalue weighted by atomic mass is 32.2. The van der Waals surface area contributed by atoms with Crippen molar-refractivity contribution in [2.24, 2.45) is 0 Å². The zero-order valence-electron chi connectivity index (χ0n) is 15.8. The van der Waals surface area contributed by atoms with Gasteiger partial charge in [0.05, 0.1) is 12.2 Å². The van der Waals surface area contributed by atoms with Crippen LogP contribution in [0.25, 0.3) is 0 Å². The van der Waals surface area contributed by atoms with Gasteiger partial charge >= 0.3 is 5.97 Å². The SMILES string of the molecule is CCOC(=O)c1cccc(NC(=S)NCCCSC2CCCCC2)c1C. The van der Waals surface area contributed by atoms with Crippen molar-refractivity contribution in [3.8, 4) is 0 Å². The Morgan fingerprint density at radius 1 is 1.31 bits per heavy atom. The number of thiocarbonyl (C=S) groups is 1. The van der Waals surface area contributed by atoms with Crippen LogP contribution in [0.15, 0.2) is 18.2 Å². The van der Waals surface area contributed by atoms with Gasteiger partial charge in [0.25, 0.3) is 0 Å². The monoisotopic (exact) mass is 394 g/mol. The van der Waals surface area contributed by atoms with Gasteiger partial charge < -0.3 is 15.4 Å². The molecule has 26 heavy (non-hydrogen) atoms. The number of anilines is 1. The first-order chi connectivity index (χ1) is 12.6. The molecule has 2 rings (SSSR count). The van der Waals surface area contributed by atoms with Gasteiger partial charge in [0.2, 0.25) is 0 Å². The maximum absolute atomic E-state index is 12.0. The number of thioether (sulfide) groups is 1. The Bertz CT molecular complexity index is 601. The molecule has 144 valence electrons. The van der Waals surface area contributed by atoms with Crippen molar-refractivity contribution in [2.75, 3.05) is 24.2 Å². The van der Waals surface area contributed by atoms with Gasteiger partial charge in [-0.15, -0.1) is 0 Å². The average Bonchev–Trinajstić information content (AvgIpc) is 2.64. The summed E-state index contributed by atoms with van der Waals surface area (Å²) in [6.45, 7) is 4.94. The molecule has 6 heteroatoms. The van der Waals surface area contributed by atoms with Crippen molar-refractivity contribution in [3.63, 3.8) is 0 Å². The third kappa shape index (κ3) is 6.80. The molecule has 0 aromatic heterocycles. The molecule has 1 fully saturated rings. The summed E-state index contributed by atoms with van der Waals surface area (Å²) < 4.78 is 5.09. The van der Waals surface area contributed by atoms with Crippen molar-refractivity contribution in [1.82, 2.24) is 5.32 Å². The summed E-state index contributed by atoms with van der Waals surface area (Å²) in [5.41, 5.74) is 2.26. The van der Waals surface area contributed by atoms with Crippen molar-refractivity contribution in [1.29, 1.82) is 0 Å². The lowest BCUT2D eigenvalue weighted by Crippen LogP contribution is -2.30. The van der Waals surface area contributed by atoms with E-state index in [0.29, 0.717) is 17.3 Å². The fourth-order valence-electron chi connectivity index (χ4n) is 3.12. The maximum Gasteiger partial charge on any atom is 0.338 e. The summed E-state index contributed by atoms with van der Waals surface area (Å²) in [5.74, 6) is 0.879. The van der Waals surface area contributed by atoms with E-state index in [-0.39, 0.29) is 5.97 Å². The van der Waals surface area contributed by atoms with E-state index in [1.165, 1.54) is 37.9 Å². The van der Waals surface area contributed by atoms with E-state index < -0.39 is 0 Å². The second-order valence-corrected chi connectivity index (χ2v) is 8.38. The minimum atomic E-state index is -0.299. The topological polar surface area (TPSA) is 50.4 Å². The highest BCUT2D eigenvalue weighted by Crippen LogP contribution is 2.28. The number of benzene rings is 1. The lowest BCUT2D eigenvalue weighted by Gasteiger charge is -2.21. The van der Waals surface area contributed by atoms with Crippen LogP contribution < -0.4 is 10.6 Å². The van der Waals surface area contributed by atoms with Gasteiger partial charge in [-0.3, -0.25) is 0 Å². The van der Waals surface area contributed by atoms with E-state index in [2.05, 4.69) is 22.4 Å². The molecular formula is C20H30N2O2S2. The summed E-state index contributed by atoms with van der Waals surface area (Å²) in [6, 6.07) is 5.54. The lowest BCUT2D eigenvalue weighted by molar-refractivity contribution is 0.0525. The minimum Gasteiger partial charge on any atom is -0.462 e. The molecule has 1 aromatic carbocycles. The van der Waals surface area contributed by atoms with Crippen LogP contribution >= 0.6 is 24.0 Å². The molecule has 0 bridgehead atoms. The third-order valence-electron chi connectivity index (χ3n) is 4.59. The van der Waals surface area contributed by atoms with Gasteiger partial charge in [-0.25, -0.2) is 4.79 Å². The molecule has 0 unspecified atom stereocenters. The second-order valence-electron chi connectivity index (χ2n) is 6.56. The van der Waals surface area contributed by atoms with Crippen molar-refractivity contribution in [3.05, 3.63) is 29.3 Å². The number of esters is 1. The maximum atomic E-state index is 12.0. The number of carbonyl (C=O) groups is 1. The number of ether oxygens (including phenoxy) is 1. The van der Waals surface area contributed by atoms with Crippen LogP contribution in [0, 0.1) is 6.92 Å². The summed E-state index contributed by atoms with van der Waals surface area (Å²) in [5, 5.41) is 7.91. The Kier molecular flexibility index (Phi) is 9.26. The molecule has 1 aliphatic rings. The van der Waals surface area contributed by atoms with E-state index in [1.807, 2.05) is 19.1 Å². The molecule has 0 radical (unpaired) electrons. The molecule has 2 N–H and O–H groups in total. The van der Waals surface area contributed by atoms with E-state index in [1.54, 1.807) is 13.0 Å². The van der Waals surface area contributed by atoms with E-state index in [4.69, 9.17) is 17.0 Å². The van der Waals surface area contributed by atoms with E-state index in [9.17, 15) is 4.79 Å². The van der Waals surface area contributed by atoms with Crippen LogP contribution in [0.1, 0.15) is 61.4 Å². The number of nitrogens with one attached hydrogen (secondary N) is 2. The molecule has 4 nitrogen and oxygen atoms in total.